The molecule has 1 amide bonds. The van der Waals surface area contributed by atoms with Crippen LogP contribution in [0.15, 0.2) is 71.6 Å². The van der Waals surface area contributed by atoms with E-state index < -0.39 is 0 Å². The SMILES string of the molecule is COc1ccccc1N(C(C)=O)c1onc(-c2cccc(C)c2)c1-c1ccncn1. The van der Waals surface area contributed by atoms with Gasteiger partial charge in [0.15, 0.2) is 0 Å². The highest BCUT2D eigenvalue weighted by atomic mass is 16.5. The second kappa shape index (κ2) is 8.16. The predicted molar refractivity (Wildman–Crippen MR) is 114 cm³/mol. The lowest BCUT2D eigenvalue weighted by Crippen LogP contribution is -2.23. The summed E-state index contributed by atoms with van der Waals surface area (Å²) in [4.78, 5) is 22.6. The van der Waals surface area contributed by atoms with E-state index in [0.29, 0.717) is 28.4 Å². The molecule has 30 heavy (non-hydrogen) atoms. The van der Waals surface area contributed by atoms with Crippen LogP contribution < -0.4 is 9.64 Å². The van der Waals surface area contributed by atoms with Gasteiger partial charge < -0.3 is 9.26 Å². The van der Waals surface area contributed by atoms with Gasteiger partial charge in [0, 0.05) is 18.7 Å². The van der Waals surface area contributed by atoms with Crippen molar-refractivity contribution < 1.29 is 14.1 Å². The average Bonchev–Trinajstić information content (AvgIpc) is 3.19. The first-order valence-corrected chi connectivity index (χ1v) is 9.37. The molecule has 4 aromatic rings. The maximum absolute atomic E-state index is 12.7. The van der Waals surface area contributed by atoms with Crippen molar-refractivity contribution in [2.45, 2.75) is 13.8 Å². The standard InChI is InChI=1S/C23H20N4O3/c1-15-7-6-8-17(13-15)22-21(18-11-12-24-14-25-18)23(30-26-22)27(16(2)28)19-9-4-5-10-20(19)29-3/h4-14H,1-3H3. The monoisotopic (exact) mass is 400 g/mol. The number of carbonyl (C=O) groups is 1. The molecule has 7 heteroatoms. The maximum atomic E-state index is 12.7. The van der Waals surface area contributed by atoms with Gasteiger partial charge in [0.2, 0.25) is 11.8 Å². The zero-order chi connectivity index (χ0) is 21.1. The van der Waals surface area contributed by atoms with Crippen LogP contribution in [0.3, 0.4) is 0 Å². The zero-order valence-corrected chi connectivity index (χ0v) is 16.9. The number of aromatic nitrogens is 3. The molecule has 0 spiro atoms. The van der Waals surface area contributed by atoms with Crippen LogP contribution in [0.2, 0.25) is 0 Å². The van der Waals surface area contributed by atoms with Gasteiger partial charge in [-0.05, 0) is 31.2 Å². The molecular formula is C23H20N4O3. The van der Waals surface area contributed by atoms with Crippen LogP contribution in [0.5, 0.6) is 5.75 Å². The Hall–Kier alpha value is -4.00. The molecule has 2 heterocycles. The summed E-state index contributed by atoms with van der Waals surface area (Å²) in [5.41, 5.74) is 4.28. The van der Waals surface area contributed by atoms with Crippen LogP contribution in [0.4, 0.5) is 11.6 Å². The van der Waals surface area contributed by atoms with Gasteiger partial charge in [-0.15, -0.1) is 0 Å². The number of ether oxygens (including phenoxy) is 1. The van der Waals surface area contributed by atoms with Gasteiger partial charge in [0.25, 0.3) is 0 Å². The summed E-state index contributed by atoms with van der Waals surface area (Å²) >= 11 is 0. The number of para-hydroxylation sites is 2. The summed E-state index contributed by atoms with van der Waals surface area (Å²) in [6.45, 7) is 3.47. The Morgan fingerprint density at radius 2 is 1.93 bits per heavy atom. The van der Waals surface area contributed by atoms with Crippen molar-refractivity contribution in [2.75, 3.05) is 12.0 Å². The van der Waals surface area contributed by atoms with E-state index >= 15 is 0 Å². The molecule has 0 N–H and O–H groups in total. The highest BCUT2D eigenvalue weighted by Gasteiger charge is 2.29. The number of amides is 1. The molecular weight excluding hydrogens is 380 g/mol. The second-order valence-electron chi connectivity index (χ2n) is 6.70. The lowest BCUT2D eigenvalue weighted by atomic mass is 10.0. The Morgan fingerprint density at radius 3 is 2.63 bits per heavy atom. The molecule has 0 saturated carbocycles. The summed E-state index contributed by atoms with van der Waals surface area (Å²) in [5, 5.41) is 4.32. The number of carbonyl (C=O) groups excluding carboxylic acids is 1. The van der Waals surface area contributed by atoms with Gasteiger partial charge in [0.1, 0.15) is 17.8 Å². The molecule has 2 aromatic carbocycles. The Morgan fingerprint density at radius 1 is 1.10 bits per heavy atom. The first kappa shape index (κ1) is 19.3. The summed E-state index contributed by atoms with van der Waals surface area (Å²) in [6, 6.07) is 16.9. The van der Waals surface area contributed by atoms with Crippen LogP contribution in [0.25, 0.3) is 22.5 Å². The first-order chi connectivity index (χ1) is 14.6. The van der Waals surface area contributed by atoms with E-state index in [2.05, 4.69) is 15.1 Å². The second-order valence-corrected chi connectivity index (χ2v) is 6.70. The van der Waals surface area contributed by atoms with Gasteiger partial charge in [-0.25, -0.2) is 14.9 Å². The number of anilines is 2. The van der Waals surface area contributed by atoms with Crippen molar-refractivity contribution >= 4 is 17.5 Å². The van der Waals surface area contributed by atoms with Crippen molar-refractivity contribution in [3.8, 4) is 28.3 Å². The fourth-order valence-electron chi connectivity index (χ4n) is 3.33. The Bertz CT molecular complexity index is 1190. The fraction of sp³-hybridized carbons (Fsp3) is 0.130. The minimum absolute atomic E-state index is 0.248. The fourth-order valence-corrected chi connectivity index (χ4v) is 3.33. The van der Waals surface area contributed by atoms with Crippen LogP contribution in [-0.4, -0.2) is 28.1 Å². The maximum Gasteiger partial charge on any atom is 0.248 e. The molecule has 7 nitrogen and oxygen atoms in total. The summed E-state index contributed by atoms with van der Waals surface area (Å²) in [7, 11) is 1.56. The van der Waals surface area contributed by atoms with Crippen LogP contribution in [0, 0.1) is 6.92 Å². The smallest absolute Gasteiger partial charge is 0.248 e. The molecule has 0 atom stereocenters. The number of rotatable bonds is 5. The molecule has 4 rings (SSSR count). The molecule has 2 aromatic heterocycles. The number of hydrogen-bond acceptors (Lipinski definition) is 6. The van der Waals surface area contributed by atoms with E-state index in [1.165, 1.54) is 18.2 Å². The third-order valence-electron chi connectivity index (χ3n) is 4.65. The van der Waals surface area contributed by atoms with Crippen LogP contribution in [-0.2, 0) is 4.79 Å². The van der Waals surface area contributed by atoms with Crippen molar-refractivity contribution in [1.82, 2.24) is 15.1 Å². The lowest BCUT2D eigenvalue weighted by Gasteiger charge is -2.21. The molecule has 0 unspecified atom stereocenters. The van der Waals surface area contributed by atoms with E-state index in [4.69, 9.17) is 9.26 Å². The van der Waals surface area contributed by atoms with Crippen LogP contribution >= 0.6 is 0 Å². The first-order valence-electron chi connectivity index (χ1n) is 9.37. The summed E-state index contributed by atoms with van der Waals surface area (Å²) < 4.78 is 11.2. The number of aryl methyl sites for hydroxylation is 1. The zero-order valence-electron chi connectivity index (χ0n) is 16.9. The summed E-state index contributed by atoms with van der Waals surface area (Å²) in [5.74, 6) is 0.554. The molecule has 0 aliphatic rings. The van der Waals surface area contributed by atoms with E-state index in [0.717, 1.165) is 11.1 Å². The van der Waals surface area contributed by atoms with Crippen molar-refractivity contribution in [1.29, 1.82) is 0 Å². The van der Waals surface area contributed by atoms with Gasteiger partial charge in [0.05, 0.1) is 24.1 Å². The largest absolute Gasteiger partial charge is 0.495 e. The quantitative estimate of drug-likeness (QED) is 0.479. The van der Waals surface area contributed by atoms with Gasteiger partial charge >= 0.3 is 0 Å². The number of hydrogen-bond donors (Lipinski definition) is 0. The topological polar surface area (TPSA) is 81.4 Å². The van der Waals surface area contributed by atoms with Crippen molar-refractivity contribution in [3.05, 3.63) is 72.7 Å². The highest BCUT2D eigenvalue weighted by molar-refractivity contribution is 6.04. The summed E-state index contributed by atoms with van der Waals surface area (Å²) in [6.07, 6.45) is 3.09. The molecule has 0 aliphatic carbocycles. The van der Waals surface area contributed by atoms with E-state index in [9.17, 15) is 4.79 Å². The minimum atomic E-state index is -0.248. The van der Waals surface area contributed by atoms with Crippen LogP contribution in [0.1, 0.15) is 12.5 Å². The average molecular weight is 400 g/mol. The van der Waals surface area contributed by atoms with Gasteiger partial charge in [-0.1, -0.05) is 41.1 Å². The molecule has 0 bridgehead atoms. The predicted octanol–water partition coefficient (Wildman–Crippen LogP) is 4.80. The van der Waals surface area contributed by atoms with Gasteiger partial charge in [-0.3, -0.25) is 4.79 Å². The highest BCUT2D eigenvalue weighted by Crippen LogP contribution is 2.43. The number of methoxy groups -OCH3 is 1. The Kier molecular flexibility index (Phi) is 5.26. The van der Waals surface area contributed by atoms with E-state index in [-0.39, 0.29) is 11.8 Å². The third-order valence-corrected chi connectivity index (χ3v) is 4.65. The normalized spacial score (nSPS) is 10.6. The molecule has 0 fully saturated rings. The molecule has 0 radical (unpaired) electrons. The third kappa shape index (κ3) is 3.53. The molecule has 0 saturated heterocycles. The minimum Gasteiger partial charge on any atom is -0.495 e. The lowest BCUT2D eigenvalue weighted by molar-refractivity contribution is -0.116. The van der Waals surface area contributed by atoms with Crippen molar-refractivity contribution in [3.63, 3.8) is 0 Å². The molecule has 0 aliphatic heterocycles. The Labute approximate surface area is 174 Å². The Balaban J connectivity index is 1.98. The molecule has 150 valence electrons. The van der Waals surface area contributed by atoms with Crippen molar-refractivity contribution in [2.24, 2.45) is 0 Å². The van der Waals surface area contributed by atoms with E-state index in [1.807, 2.05) is 43.3 Å². The van der Waals surface area contributed by atoms with Gasteiger partial charge in [-0.2, -0.15) is 0 Å². The van der Waals surface area contributed by atoms with E-state index in [1.54, 1.807) is 31.5 Å². The number of nitrogens with zero attached hydrogens (tertiary/aromatic N) is 4. The number of benzene rings is 2.